The van der Waals surface area contributed by atoms with Crippen LogP contribution < -0.4 is 24.3 Å². The molecule has 0 aliphatic rings. The van der Waals surface area contributed by atoms with Gasteiger partial charge in [0.25, 0.3) is 5.91 Å². The first-order valence-electron chi connectivity index (χ1n) is 6.99. The fraction of sp³-hybridized carbons (Fsp3) is 0.235. The molecule has 0 atom stereocenters. The summed E-state index contributed by atoms with van der Waals surface area (Å²) in [6.07, 6.45) is 0. The average Bonchev–Trinajstić information content (AvgIpc) is 2.60. The van der Waals surface area contributed by atoms with Gasteiger partial charge in [-0.25, -0.2) is 0 Å². The Bertz CT molecular complexity index is 748. The van der Waals surface area contributed by atoms with E-state index < -0.39 is 5.91 Å². The highest BCUT2D eigenvalue weighted by molar-refractivity contribution is 6.31. The third-order valence-electron chi connectivity index (χ3n) is 3.36. The highest BCUT2D eigenvalue weighted by Gasteiger charge is 2.21. The summed E-state index contributed by atoms with van der Waals surface area (Å²) < 4.78 is 21.0. The van der Waals surface area contributed by atoms with Gasteiger partial charge >= 0.3 is 0 Å². The zero-order valence-corrected chi connectivity index (χ0v) is 14.6. The fourth-order valence-electron chi connectivity index (χ4n) is 2.25. The molecular formula is C17H18ClNO5. The van der Waals surface area contributed by atoms with Crippen LogP contribution in [0, 0.1) is 0 Å². The molecule has 0 bridgehead atoms. The quantitative estimate of drug-likeness (QED) is 0.860. The molecule has 24 heavy (non-hydrogen) atoms. The number of methoxy groups -OCH3 is 4. The van der Waals surface area contributed by atoms with Crippen LogP contribution in [0.25, 0.3) is 0 Å². The maximum Gasteiger partial charge on any atom is 0.259 e. The van der Waals surface area contributed by atoms with E-state index in [2.05, 4.69) is 5.32 Å². The molecule has 7 heteroatoms. The van der Waals surface area contributed by atoms with E-state index in [4.69, 9.17) is 30.5 Å². The Labute approximate surface area is 145 Å². The van der Waals surface area contributed by atoms with Crippen LogP contribution in [0.2, 0.25) is 5.02 Å². The second-order valence-electron chi connectivity index (χ2n) is 4.68. The Morgan fingerprint density at radius 1 is 0.875 bits per heavy atom. The maximum absolute atomic E-state index is 12.7. The Kier molecular flexibility index (Phi) is 5.76. The lowest BCUT2D eigenvalue weighted by Crippen LogP contribution is -2.14. The lowest BCUT2D eigenvalue weighted by Gasteiger charge is -2.16. The highest BCUT2D eigenvalue weighted by Crippen LogP contribution is 2.40. The van der Waals surface area contributed by atoms with Crippen LogP contribution in [0.1, 0.15) is 10.4 Å². The number of hydrogen-bond acceptors (Lipinski definition) is 5. The van der Waals surface area contributed by atoms with Gasteiger partial charge in [0.2, 0.25) is 5.75 Å². The van der Waals surface area contributed by atoms with Gasteiger partial charge in [-0.2, -0.15) is 0 Å². The summed E-state index contributed by atoms with van der Waals surface area (Å²) in [5.41, 5.74) is 0.740. The molecule has 0 aliphatic carbocycles. The van der Waals surface area contributed by atoms with Gasteiger partial charge in [-0.05, 0) is 30.3 Å². The molecule has 0 fully saturated rings. The number of amides is 1. The van der Waals surface area contributed by atoms with Crippen LogP contribution in [0.15, 0.2) is 30.3 Å². The number of benzene rings is 2. The molecule has 0 heterocycles. The summed E-state index contributed by atoms with van der Waals surface area (Å²) >= 11 is 5.98. The van der Waals surface area contributed by atoms with Gasteiger partial charge in [-0.1, -0.05) is 11.6 Å². The number of carbonyl (C=O) groups excluding carboxylic acids is 1. The standard InChI is InChI=1S/C17H18ClNO5/c1-21-13-7-5-10(18)9-12(13)19-17(20)11-6-8-14(22-2)16(24-4)15(11)23-3/h5-9H,1-4H3,(H,19,20). The van der Waals surface area contributed by atoms with Crippen molar-refractivity contribution in [2.24, 2.45) is 0 Å². The average molecular weight is 352 g/mol. The van der Waals surface area contributed by atoms with Crippen LogP contribution >= 0.6 is 11.6 Å². The van der Waals surface area contributed by atoms with E-state index in [0.717, 1.165) is 0 Å². The molecule has 0 aliphatic heterocycles. The second-order valence-corrected chi connectivity index (χ2v) is 5.12. The van der Waals surface area contributed by atoms with E-state index >= 15 is 0 Å². The summed E-state index contributed by atoms with van der Waals surface area (Å²) in [4.78, 5) is 12.7. The fourth-order valence-corrected chi connectivity index (χ4v) is 2.42. The summed E-state index contributed by atoms with van der Waals surface area (Å²) in [6.45, 7) is 0. The molecule has 0 saturated carbocycles. The molecule has 1 amide bonds. The first kappa shape index (κ1) is 17.7. The van der Waals surface area contributed by atoms with Crippen LogP contribution in [0.3, 0.4) is 0 Å². The summed E-state index contributed by atoms with van der Waals surface area (Å²) in [5.74, 6) is 1.17. The zero-order valence-electron chi connectivity index (χ0n) is 13.8. The Morgan fingerprint density at radius 2 is 1.50 bits per heavy atom. The van der Waals surface area contributed by atoms with Crippen LogP contribution in [-0.4, -0.2) is 34.3 Å². The van der Waals surface area contributed by atoms with Crippen LogP contribution in [-0.2, 0) is 0 Å². The molecule has 0 aromatic heterocycles. The summed E-state index contributed by atoms with van der Waals surface area (Å²) in [5, 5.41) is 3.23. The SMILES string of the molecule is COc1ccc(Cl)cc1NC(=O)c1ccc(OC)c(OC)c1OC. The van der Waals surface area contributed by atoms with Gasteiger partial charge in [0.1, 0.15) is 5.75 Å². The predicted molar refractivity (Wildman–Crippen MR) is 92.1 cm³/mol. The molecule has 1 N–H and O–H groups in total. The third kappa shape index (κ3) is 3.49. The minimum absolute atomic E-state index is 0.273. The normalized spacial score (nSPS) is 10.0. The third-order valence-corrected chi connectivity index (χ3v) is 3.59. The van der Waals surface area contributed by atoms with E-state index in [9.17, 15) is 4.79 Å². The minimum Gasteiger partial charge on any atom is -0.495 e. The summed E-state index contributed by atoms with van der Waals surface area (Å²) in [7, 11) is 5.94. The molecule has 0 saturated heterocycles. The number of rotatable bonds is 6. The first-order valence-corrected chi connectivity index (χ1v) is 7.37. The van der Waals surface area contributed by atoms with E-state index in [1.165, 1.54) is 28.4 Å². The van der Waals surface area contributed by atoms with Crippen molar-refractivity contribution in [1.29, 1.82) is 0 Å². The monoisotopic (exact) mass is 351 g/mol. The number of anilines is 1. The first-order chi connectivity index (χ1) is 11.5. The van der Waals surface area contributed by atoms with Gasteiger partial charge in [-0.3, -0.25) is 4.79 Å². The van der Waals surface area contributed by atoms with Gasteiger partial charge in [0, 0.05) is 5.02 Å². The molecule has 2 aromatic carbocycles. The smallest absolute Gasteiger partial charge is 0.259 e. The maximum atomic E-state index is 12.7. The van der Waals surface area contributed by atoms with Gasteiger partial charge in [0.15, 0.2) is 11.5 Å². The Balaban J connectivity index is 2.42. The van der Waals surface area contributed by atoms with E-state index in [1.54, 1.807) is 30.3 Å². The summed E-state index contributed by atoms with van der Waals surface area (Å²) in [6, 6.07) is 8.17. The second kappa shape index (κ2) is 7.79. The lowest BCUT2D eigenvalue weighted by atomic mass is 10.1. The van der Waals surface area contributed by atoms with Gasteiger partial charge in [-0.15, -0.1) is 0 Å². The number of hydrogen-bond donors (Lipinski definition) is 1. The molecule has 0 unspecified atom stereocenters. The Morgan fingerprint density at radius 3 is 2.08 bits per heavy atom. The van der Waals surface area contributed by atoms with Crippen molar-refractivity contribution in [2.45, 2.75) is 0 Å². The molecule has 128 valence electrons. The van der Waals surface area contributed by atoms with Gasteiger partial charge < -0.3 is 24.3 Å². The molecule has 2 aromatic rings. The number of nitrogens with one attached hydrogen (secondary N) is 1. The van der Waals surface area contributed by atoms with Crippen molar-refractivity contribution in [1.82, 2.24) is 0 Å². The highest BCUT2D eigenvalue weighted by atomic mass is 35.5. The zero-order chi connectivity index (χ0) is 17.7. The largest absolute Gasteiger partial charge is 0.495 e. The minimum atomic E-state index is -0.395. The predicted octanol–water partition coefficient (Wildman–Crippen LogP) is 3.63. The number of ether oxygens (including phenoxy) is 4. The van der Waals surface area contributed by atoms with E-state index in [1.807, 2.05) is 0 Å². The number of halogens is 1. The van der Waals surface area contributed by atoms with Crippen LogP contribution in [0.4, 0.5) is 5.69 Å². The molecule has 0 radical (unpaired) electrons. The van der Waals surface area contributed by atoms with Crippen molar-refractivity contribution >= 4 is 23.2 Å². The van der Waals surface area contributed by atoms with Crippen molar-refractivity contribution in [3.05, 3.63) is 40.9 Å². The van der Waals surface area contributed by atoms with Crippen LogP contribution in [0.5, 0.6) is 23.0 Å². The topological polar surface area (TPSA) is 66.0 Å². The van der Waals surface area contributed by atoms with Crippen molar-refractivity contribution < 1.29 is 23.7 Å². The number of carbonyl (C=O) groups is 1. The molecule has 6 nitrogen and oxygen atoms in total. The lowest BCUT2D eigenvalue weighted by molar-refractivity contribution is 0.102. The van der Waals surface area contributed by atoms with E-state index in [-0.39, 0.29) is 11.3 Å². The molecule has 2 rings (SSSR count). The van der Waals surface area contributed by atoms with Crippen molar-refractivity contribution in [2.75, 3.05) is 33.8 Å². The molecular weight excluding hydrogens is 334 g/mol. The van der Waals surface area contributed by atoms with Crippen molar-refractivity contribution in [3.8, 4) is 23.0 Å². The van der Waals surface area contributed by atoms with Crippen molar-refractivity contribution in [3.63, 3.8) is 0 Å². The van der Waals surface area contributed by atoms with Gasteiger partial charge in [0.05, 0.1) is 39.7 Å². The Hall–Kier alpha value is -2.60. The van der Waals surface area contributed by atoms with E-state index in [0.29, 0.717) is 28.0 Å². The molecule has 0 spiro atoms.